The average molecular weight is 293 g/mol. The van der Waals surface area contributed by atoms with Gasteiger partial charge in [-0.05, 0) is 31.9 Å². The predicted molar refractivity (Wildman–Crippen MR) is 86.2 cm³/mol. The standard InChI is InChI=1S/C16H27N3O2/c1-4-20-8-9-21-12-15-7-5-6-14(10-15)11-18-16(17)19-13(2)3/h5-7,10,13H,4,8-9,11-12H2,1-3H3,(H3,17,18,19). The third-order valence-corrected chi connectivity index (χ3v) is 2.70. The van der Waals surface area contributed by atoms with Crippen molar-refractivity contribution in [2.24, 2.45) is 10.7 Å². The predicted octanol–water partition coefficient (Wildman–Crippen LogP) is 2.05. The van der Waals surface area contributed by atoms with Gasteiger partial charge in [-0.15, -0.1) is 0 Å². The Balaban J connectivity index is 2.41. The van der Waals surface area contributed by atoms with Crippen LogP contribution in [0.2, 0.25) is 0 Å². The van der Waals surface area contributed by atoms with E-state index in [-0.39, 0.29) is 0 Å². The quantitative estimate of drug-likeness (QED) is 0.415. The summed E-state index contributed by atoms with van der Waals surface area (Å²) in [5, 5.41) is 3.07. The van der Waals surface area contributed by atoms with Crippen LogP contribution in [0.5, 0.6) is 0 Å². The van der Waals surface area contributed by atoms with Crippen molar-refractivity contribution in [1.29, 1.82) is 0 Å². The first-order valence-electron chi connectivity index (χ1n) is 7.41. The topological polar surface area (TPSA) is 68.9 Å². The minimum Gasteiger partial charge on any atom is -0.379 e. The number of hydrogen-bond acceptors (Lipinski definition) is 3. The molecule has 0 amide bonds. The van der Waals surface area contributed by atoms with Crippen LogP contribution >= 0.6 is 0 Å². The highest BCUT2D eigenvalue weighted by Gasteiger charge is 1.98. The van der Waals surface area contributed by atoms with Crippen molar-refractivity contribution in [3.8, 4) is 0 Å². The molecule has 1 rings (SSSR count). The molecule has 0 radical (unpaired) electrons. The SMILES string of the molecule is CCOCCOCc1cccc(CN=C(N)NC(C)C)c1. The Bertz CT molecular complexity index is 433. The molecule has 0 fully saturated rings. The Morgan fingerprint density at radius 2 is 1.95 bits per heavy atom. The molecule has 118 valence electrons. The van der Waals surface area contributed by atoms with E-state index in [1.54, 1.807) is 0 Å². The first-order valence-corrected chi connectivity index (χ1v) is 7.41. The number of aliphatic imine (C=N–C) groups is 1. The molecule has 0 bridgehead atoms. The molecule has 1 aromatic rings. The zero-order chi connectivity index (χ0) is 15.5. The van der Waals surface area contributed by atoms with Crippen LogP contribution in [0.25, 0.3) is 0 Å². The third kappa shape index (κ3) is 8.32. The summed E-state index contributed by atoms with van der Waals surface area (Å²) in [4.78, 5) is 4.32. The highest BCUT2D eigenvalue weighted by Crippen LogP contribution is 2.08. The summed E-state index contributed by atoms with van der Waals surface area (Å²) >= 11 is 0. The van der Waals surface area contributed by atoms with Crippen LogP contribution < -0.4 is 11.1 Å². The molecule has 0 saturated heterocycles. The van der Waals surface area contributed by atoms with Crippen molar-refractivity contribution in [3.63, 3.8) is 0 Å². The molecular formula is C16H27N3O2. The molecule has 5 nitrogen and oxygen atoms in total. The largest absolute Gasteiger partial charge is 0.379 e. The van der Waals surface area contributed by atoms with E-state index in [4.69, 9.17) is 15.2 Å². The molecule has 3 N–H and O–H groups in total. The van der Waals surface area contributed by atoms with Crippen LogP contribution in [-0.4, -0.2) is 31.8 Å². The number of nitrogens with one attached hydrogen (secondary N) is 1. The fourth-order valence-electron chi connectivity index (χ4n) is 1.79. The second kappa shape index (κ2) is 10.2. The summed E-state index contributed by atoms with van der Waals surface area (Å²) in [7, 11) is 0. The highest BCUT2D eigenvalue weighted by atomic mass is 16.5. The van der Waals surface area contributed by atoms with Crippen LogP contribution in [0.1, 0.15) is 31.9 Å². The van der Waals surface area contributed by atoms with Gasteiger partial charge in [-0.3, -0.25) is 0 Å². The van der Waals surface area contributed by atoms with Gasteiger partial charge in [0.1, 0.15) is 0 Å². The number of nitrogens with two attached hydrogens (primary N) is 1. The first-order chi connectivity index (χ1) is 10.1. The maximum absolute atomic E-state index is 5.79. The third-order valence-electron chi connectivity index (χ3n) is 2.70. The summed E-state index contributed by atoms with van der Waals surface area (Å²) in [6.45, 7) is 9.17. The number of benzene rings is 1. The fraction of sp³-hybridized carbons (Fsp3) is 0.562. The van der Waals surface area contributed by atoms with Gasteiger partial charge >= 0.3 is 0 Å². The Hall–Kier alpha value is -1.59. The second-order valence-corrected chi connectivity index (χ2v) is 5.07. The van der Waals surface area contributed by atoms with Crippen LogP contribution in [0, 0.1) is 0 Å². The molecule has 0 atom stereocenters. The molecule has 1 aromatic carbocycles. The number of nitrogens with zero attached hydrogens (tertiary/aromatic N) is 1. The highest BCUT2D eigenvalue weighted by molar-refractivity contribution is 5.78. The van der Waals surface area contributed by atoms with Gasteiger partial charge in [0.2, 0.25) is 0 Å². The average Bonchev–Trinajstić information content (AvgIpc) is 2.45. The van der Waals surface area contributed by atoms with E-state index in [0.29, 0.717) is 38.4 Å². The van der Waals surface area contributed by atoms with Gasteiger partial charge < -0.3 is 20.5 Å². The summed E-state index contributed by atoms with van der Waals surface area (Å²) in [6, 6.07) is 8.48. The lowest BCUT2D eigenvalue weighted by Gasteiger charge is -2.09. The van der Waals surface area contributed by atoms with Gasteiger partial charge in [-0.1, -0.05) is 24.3 Å². The van der Waals surface area contributed by atoms with Crippen molar-refractivity contribution >= 4 is 5.96 Å². The minimum atomic E-state index is 0.291. The van der Waals surface area contributed by atoms with E-state index in [1.807, 2.05) is 39.0 Å². The maximum atomic E-state index is 5.79. The van der Waals surface area contributed by atoms with E-state index in [9.17, 15) is 0 Å². The smallest absolute Gasteiger partial charge is 0.189 e. The lowest BCUT2D eigenvalue weighted by Crippen LogP contribution is -2.36. The molecule has 21 heavy (non-hydrogen) atoms. The van der Waals surface area contributed by atoms with Gasteiger partial charge in [0.05, 0.1) is 26.4 Å². The Labute approximate surface area is 127 Å². The zero-order valence-corrected chi connectivity index (χ0v) is 13.3. The first kappa shape index (κ1) is 17.5. The molecule has 0 aliphatic rings. The Morgan fingerprint density at radius 1 is 1.24 bits per heavy atom. The molecule has 0 aliphatic heterocycles. The molecular weight excluding hydrogens is 266 g/mol. The summed E-state index contributed by atoms with van der Waals surface area (Å²) in [6.07, 6.45) is 0. The van der Waals surface area contributed by atoms with E-state index in [1.165, 1.54) is 0 Å². The second-order valence-electron chi connectivity index (χ2n) is 5.07. The molecule has 5 heteroatoms. The normalized spacial score (nSPS) is 11.9. The van der Waals surface area contributed by atoms with Crippen molar-refractivity contribution in [3.05, 3.63) is 35.4 Å². The van der Waals surface area contributed by atoms with Crippen LogP contribution in [-0.2, 0) is 22.6 Å². The Kier molecular flexibility index (Phi) is 8.47. The zero-order valence-electron chi connectivity index (χ0n) is 13.3. The summed E-state index contributed by atoms with van der Waals surface area (Å²) in [5.41, 5.74) is 8.04. The molecule has 0 aliphatic carbocycles. The summed E-state index contributed by atoms with van der Waals surface area (Å²) in [5.74, 6) is 0.475. The van der Waals surface area contributed by atoms with Crippen molar-refractivity contribution < 1.29 is 9.47 Å². The maximum Gasteiger partial charge on any atom is 0.189 e. The Morgan fingerprint density at radius 3 is 2.67 bits per heavy atom. The minimum absolute atomic E-state index is 0.291. The van der Waals surface area contributed by atoms with Gasteiger partial charge in [0.15, 0.2) is 5.96 Å². The van der Waals surface area contributed by atoms with Gasteiger partial charge in [0.25, 0.3) is 0 Å². The summed E-state index contributed by atoms with van der Waals surface area (Å²) < 4.78 is 10.8. The van der Waals surface area contributed by atoms with Crippen molar-refractivity contribution in [2.75, 3.05) is 19.8 Å². The van der Waals surface area contributed by atoms with Crippen LogP contribution in [0.15, 0.2) is 29.3 Å². The van der Waals surface area contributed by atoms with E-state index >= 15 is 0 Å². The molecule has 0 spiro atoms. The van der Waals surface area contributed by atoms with E-state index in [0.717, 1.165) is 17.7 Å². The monoisotopic (exact) mass is 293 g/mol. The molecule has 0 unspecified atom stereocenters. The molecule has 0 saturated carbocycles. The van der Waals surface area contributed by atoms with Crippen LogP contribution in [0.3, 0.4) is 0 Å². The lowest BCUT2D eigenvalue weighted by molar-refractivity contribution is 0.0453. The van der Waals surface area contributed by atoms with Crippen LogP contribution in [0.4, 0.5) is 0 Å². The fourth-order valence-corrected chi connectivity index (χ4v) is 1.79. The number of rotatable bonds is 9. The number of ether oxygens (including phenoxy) is 2. The van der Waals surface area contributed by atoms with Gasteiger partial charge in [0, 0.05) is 12.6 Å². The van der Waals surface area contributed by atoms with E-state index < -0.39 is 0 Å². The van der Waals surface area contributed by atoms with E-state index in [2.05, 4.69) is 16.4 Å². The molecule has 0 aromatic heterocycles. The van der Waals surface area contributed by atoms with Gasteiger partial charge in [-0.2, -0.15) is 0 Å². The number of guanidine groups is 1. The van der Waals surface area contributed by atoms with Crippen molar-refractivity contribution in [1.82, 2.24) is 5.32 Å². The van der Waals surface area contributed by atoms with Crippen molar-refractivity contribution in [2.45, 2.75) is 40.0 Å². The molecule has 0 heterocycles. The van der Waals surface area contributed by atoms with Gasteiger partial charge in [-0.25, -0.2) is 4.99 Å². The number of hydrogen-bond donors (Lipinski definition) is 2. The lowest BCUT2D eigenvalue weighted by atomic mass is 10.1.